The largest absolute Gasteiger partial charge is 0.453 e. The van der Waals surface area contributed by atoms with Crippen LogP contribution in [0, 0.1) is 0 Å². The minimum Gasteiger partial charge on any atom is -0.453 e. The first-order chi connectivity index (χ1) is 8.74. The van der Waals surface area contributed by atoms with Gasteiger partial charge in [0.15, 0.2) is 5.76 Å². The number of hydrogen-bond acceptors (Lipinski definition) is 4. The lowest BCUT2D eigenvalue weighted by molar-refractivity contribution is 0.0965. The topological polar surface area (TPSA) is 60.9 Å². The summed E-state index contributed by atoms with van der Waals surface area (Å²) in [5.74, 6) is 0.891. The Balaban J connectivity index is 1.90. The molecule has 5 heteroatoms. The first-order valence-electron chi connectivity index (χ1n) is 5.59. The average Bonchev–Trinajstić information content (AvgIpc) is 2.96. The van der Waals surface area contributed by atoms with Crippen molar-refractivity contribution in [1.82, 2.24) is 14.8 Å². The zero-order valence-electron chi connectivity index (χ0n) is 9.83. The molecule has 0 unspecified atom stereocenters. The summed E-state index contributed by atoms with van der Waals surface area (Å²) in [5, 5.41) is 4.86. The number of hydrogen-bond donors (Lipinski definition) is 0. The lowest BCUT2D eigenvalue weighted by Gasteiger charge is -1.97. The van der Waals surface area contributed by atoms with Crippen LogP contribution in [0.15, 0.2) is 41.1 Å². The Hall–Kier alpha value is -2.43. The van der Waals surface area contributed by atoms with E-state index in [1.807, 2.05) is 24.3 Å². The lowest BCUT2D eigenvalue weighted by Crippen LogP contribution is -2.08. The molecule has 0 aliphatic heterocycles. The summed E-state index contributed by atoms with van der Waals surface area (Å²) in [6.07, 6.45) is 1.62. The van der Waals surface area contributed by atoms with Gasteiger partial charge in [-0.1, -0.05) is 18.2 Å². The van der Waals surface area contributed by atoms with Crippen LogP contribution in [0.1, 0.15) is 16.4 Å². The van der Waals surface area contributed by atoms with Gasteiger partial charge in [0.05, 0.1) is 6.42 Å². The number of fused-ring (bicyclic) bond motifs is 1. The van der Waals surface area contributed by atoms with Gasteiger partial charge in [0, 0.05) is 12.4 Å². The van der Waals surface area contributed by atoms with E-state index in [-0.39, 0.29) is 12.2 Å². The van der Waals surface area contributed by atoms with E-state index in [2.05, 4.69) is 10.1 Å². The highest BCUT2D eigenvalue weighted by atomic mass is 16.3. The number of aryl methyl sites for hydroxylation is 1. The normalized spacial score (nSPS) is 10.9. The number of rotatable bonds is 3. The summed E-state index contributed by atoms with van der Waals surface area (Å²) in [4.78, 5) is 16.1. The number of carbonyl (C=O) groups excluding carboxylic acids is 1. The minimum absolute atomic E-state index is 0.0951. The Kier molecular flexibility index (Phi) is 2.44. The Bertz CT molecular complexity index is 679. The quantitative estimate of drug-likeness (QED) is 0.658. The zero-order chi connectivity index (χ0) is 12.5. The summed E-state index contributed by atoms with van der Waals surface area (Å²) in [6.45, 7) is 0. The predicted octanol–water partition coefficient (Wildman–Crippen LogP) is 1.99. The van der Waals surface area contributed by atoms with Crippen molar-refractivity contribution >= 4 is 16.8 Å². The van der Waals surface area contributed by atoms with Gasteiger partial charge in [-0.15, -0.1) is 0 Å². The van der Waals surface area contributed by atoms with Gasteiger partial charge in [0.2, 0.25) is 5.78 Å². The fraction of sp³-hybridized carbons (Fsp3) is 0.154. The second-order valence-electron chi connectivity index (χ2n) is 4.05. The van der Waals surface area contributed by atoms with Gasteiger partial charge in [-0.3, -0.25) is 9.48 Å². The van der Waals surface area contributed by atoms with E-state index in [4.69, 9.17) is 4.42 Å². The molecule has 90 valence electrons. The number of para-hydroxylation sites is 1. The highest BCUT2D eigenvalue weighted by Crippen LogP contribution is 2.19. The van der Waals surface area contributed by atoms with E-state index < -0.39 is 0 Å². The monoisotopic (exact) mass is 241 g/mol. The van der Waals surface area contributed by atoms with Crippen LogP contribution in [-0.4, -0.2) is 20.5 Å². The molecule has 0 fully saturated rings. The van der Waals surface area contributed by atoms with Gasteiger partial charge in [0.25, 0.3) is 0 Å². The minimum atomic E-state index is -0.0951. The molecule has 18 heavy (non-hydrogen) atoms. The van der Waals surface area contributed by atoms with E-state index in [1.165, 1.54) is 6.33 Å². The van der Waals surface area contributed by atoms with Crippen molar-refractivity contribution < 1.29 is 9.21 Å². The second-order valence-corrected chi connectivity index (χ2v) is 4.05. The highest BCUT2D eigenvalue weighted by Gasteiger charge is 2.15. The molecule has 0 atom stereocenters. The molecule has 3 aromatic rings. The molecule has 0 bridgehead atoms. The zero-order valence-corrected chi connectivity index (χ0v) is 9.83. The van der Waals surface area contributed by atoms with E-state index in [1.54, 1.807) is 17.8 Å². The summed E-state index contributed by atoms with van der Waals surface area (Å²) in [5.41, 5.74) is 0.721. The molecule has 1 aromatic carbocycles. The molecule has 0 aliphatic carbocycles. The van der Waals surface area contributed by atoms with Gasteiger partial charge < -0.3 is 4.42 Å². The van der Waals surface area contributed by atoms with E-state index in [0.717, 1.165) is 11.0 Å². The predicted molar refractivity (Wildman–Crippen MR) is 65.3 cm³/mol. The maximum atomic E-state index is 12.1. The summed E-state index contributed by atoms with van der Waals surface area (Å²) in [7, 11) is 1.76. The number of benzene rings is 1. The molecule has 0 radical (unpaired) electrons. The third-order valence-corrected chi connectivity index (χ3v) is 2.82. The van der Waals surface area contributed by atoms with Gasteiger partial charge in [-0.25, -0.2) is 4.98 Å². The molecule has 2 heterocycles. The Morgan fingerprint density at radius 3 is 2.94 bits per heavy atom. The van der Waals surface area contributed by atoms with E-state index in [9.17, 15) is 4.79 Å². The number of ketones is 1. The Labute approximate surface area is 103 Å². The van der Waals surface area contributed by atoms with E-state index in [0.29, 0.717) is 11.6 Å². The SMILES string of the molecule is Cn1ncnc1CC(=O)c1cc2ccccc2o1. The van der Waals surface area contributed by atoms with Gasteiger partial charge >= 0.3 is 0 Å². The molecule has 2 aromatic heterocycles. The standard InChI is InChI=1S/C13H11N3O2/c1-16-13(14-8-15-16)7-10(17)12-6-9-4-2-3-5-11(9)18-12/h2-6,8H,7H2,1H3. The number of aromatic nitrogens is 3. The summed E-state index contributed by atoms with van der Waals surface area (Å²) in [6, 6.07) is 9.30. The molecular weight excluding hydrogens is 230 g/mol. The van der Waals surface area contributed by atoms with Crippen LogP contribution in [-0.2, 0) is 13.5 Å². The highest BCUT2D eigenvalue weighted by molar-refractivity contribution is 5.98. The molecule has 0 saturated carbocycles. The fourth-order valence-corrected chi connectivity index (χ4v) is 1.83. The molecule has 0 N–H and O–H groups in total. The first kappa shape index (κ1) is 10.7. The lowest BCUT2D eigenvalue weighted by atomic mass is 10.2. The smallest absolute Gasteiger partial charge is 0.205 e. The third-order valence-electron chi connectivity index (χ3n) is 2.82. The van der Waals surface area contributed by atoms with Crippen molar-refractivity contribution in [2.45, 2.75) is 6.42 Å². The molecule has 3 rings (SSSR count). The molecular formula is C13H11N3O2. The number of furan rings is 1. The fourth-order valence-electron chi connectivity index (χ4n) is 1.83. The molecule has 5 nitrogen and oxygen atoms in total. The Morgan fingerprint density at radius 2 is 2.22 bits per heavy atom. The number of nitrogens with zero attached hydrogens (tertiary/aromatic N) is 3. The summed E-state index contributed by atoms with van der Waals surface area (Å²) >= 11 is 0. The van der Waals surface area contributed by atoms with Crippen molar-refractivity contribution in [3.63, 3.8) is 0 Å². The van der Waals surface area contributed by atoms with Gasteiger partial charge in [0.1, 0.15) is 17.7 Å². The maximum absolute atomic E-state index is 12.1. The van der Waals surface area contributed by atoms with Crippen molar-refractivity contribution in [1.29, 1.82) is 0 Å². The van der Waals surface area contributed by atoms with Crippen molar-refractivity contribution in [2.24, 2.45) is 7.05 Å². The third kappa shape index (κ3) is 1.79. The second kappa shape index (κ2) is 4.10. The van der Waals surface area contributed by atoms with Crippen LogP contribution in [0.2, 0.25) is 0 Å². The van der Waals surface area contributed by atoms with Crippen LogP contribution in [0.3, 0.4) is 0 Å². The van der Waals surface area contributed by atoms with Crippen LogP contribution in [0.25, 0.3) is 11.0 Å². The average molecular weight is 241 g/mol. The molecule has 0 spiro atoms. The number of Topliss-reactive ketones (excluding diaryl/α,β-unsaturated/α-hetero) is 1. The van der Waals surface area contributed by atoms with E-state index >= 15 is 0 Å². The molecule has 0 amide bonds. The van der Waals surface area contributed by atoms with Gasteiger partial charge in [-0.2, -0.15) is 5.10 Å². The summed E-state index contributed by atoms with van der Waals surface area (Å²) < 4.78 is 7.10. The van der Waals surface area contributed by atoms with Crippen molar-refractivity contribution in [3.8, 4) is 0 Å². The molecule has 0 aliphatic rings. The first-order valence-corrected chi connectivity index (χ1v) is 5.59. The molecule has 0 saturated heterocycles. The van der Waals surface area contributed by atoms with Crippen molar-refractivity contribution in [3.05, 3.63) is 48.2 Å². The van der Waals surface area contributed by atoms with Crippen molar-refractivity contribution in [2.75, 3.05) is 0 Å². The van der Waals surface area contributed by atoms with Crippen LogP contribution < -0.4 is 0 Å². The maximum Gasteiger partial charge on any atom is 0.205 e. The van der Waals surface area contributed by atoms with Gasteiger partial charge in [-0.05, 0) is 12.1 Å². The Morgan fingerprint density at radius 1 is 1.39 bits per heavy atom. The van der Waals surface area contributed by atoms with Crippen LogP contribution >= 0.6 is 0 Å². The van der Waals surface area contributed by atoms with Crippen LogP contribution in [0.5, 0.6) is 0 Å². The number of carbonyl (C=O) groups is 1. The van der Waals surface area contributed by atoms with Crippen LogP contribution in [0.4, 0.5) is 0 Å².